The normalized spacial score (nSPS) is 10.7. The maximum Gasteiger partial charge on any atom is 0.342 e. The molecule has 0 aliphatic rings. The molecule has 3 rings (SSSR count). The van der Waals surface area contributed by atoms with Crippen LogP contribution in [0.4, 0.5) is 5.82 Å². The van der Waals surface area contributed by atoms with Gasteiger partial charge in [0.2, 0.25) is 5.78 Å². The van der Waals surface area contributed by atoms with Gasteiger partial charge in [-0.15, -0.1) is 0 Å². The topological polar surface area (TPSA) is 131 Å². The molecule has 10 heteroatoms. The number of carbonyl (C=O) groups excluding carboxylic acids is 2. The van der Waals surface area contributed by atoms with Gasteiger partial charge in [0, 0.05) is 14.1 Å². The van der Waals surface area contributed by atoms with E-state index in [1.807, 2.05) is 30.3 Å². The Labute approximate surface area is 164 Å². The fourth-order valence-electron chi connectivity index (χ4n) is 2.84. The molecule has 0 spiro atoms. The van der Waals surface area contributed by atoms with Gasteiger partial charge >= 0.3 is 11.7 Å². The zero-order valence-corrected chi connectivity index (χ0v) is 16.1. The number of ketones is 1. The van der Waals surface area contributed by atoms with Gasteiger partial charge in [0.05, 0.1) is 17.6 Å². The van der Waals surface area contributed by atoms with E-state index in [0.29, 0.717) is 5.69 Å². The number of nitrogen functional groups attached to an aromatic ring is 1. The maximum absolute atomic E-state index is 12.4. The van der Waals surface area contributed by atoms with Crippen LogP contribution in [0.3, 0.4) is 0 Å². The minimum absolute atomic E-state index is 0.183. The average molecular weight is 397 g/mol. The van der Waals surface area contributed by atoms with Crippen LogP contribution in [-0.2, 0) is 18.8 Å². The van der Waals surface area contributed by atoms with Gasteiger partial charge < -0.3 is 10.5 Å². The summed E-state index contributed by atoms with van der Waals surface area (Å²) in [5.41, 5.74) is 5.31. The van der Waals surface area contributed by atoms with Crippen molar-refractivity contribution in [1.82, 2.24) is 18.9 Å². The third-order valence-corrected chi connectivity index (χ3v) is 4.55. The number of esters is 1. The molecule has 0 bridgehead atoms. The largest absolute Gasteiger partial charge is 0.454 e. The Balaban J connectivity index is 1.81. The predicted molar refractivity (Wildman–Crippen MR) is 104 cm³/mol. The summed E-state index contributed by atoms with van der Waals surface area (Å²) in [6.45, 7) is 0.992. The summed E-state index contributed by atoms with van der Waals surface area (Å²) in [4.78, 5) is 48.9. The van der Waals surface area contributed by atoms with Gasteiger partial charge in [0.1, 0.15) is 16.9 Å². The van der Waals surface area contributed by atoms with Crippen molar-refractivity contribution in [1.29, 1.82) is 0 Å². The Morgan fingerprint density at radius 3 is 2.41 bits per heavy atom. The number of nitrogens with two attached hydrogens (primary N) is 1. The second kappa shape index (κ2) is 7.58. The van der Waals surface area contributed by atoms with Gasteiger partial charge in [-0.05, 0) is 19.1 Å². The molecule has 1 aromatic carbocycles. The van der Waals surface area contributed by atoms with E-state index < -0.39 is 35.2 Å². The van der Waals surface area contributed by atoms with Crippen molar-refractivity contribution in [2.24, 2.45) is 14.1 Å². The molecular weight excluding hydrogens is 378 g/mol. The molecule has 0 aliphatic carbocycles. The number of para-hydroxylation sites is 1. The van der Waals surface area contributed by atoms with Crippen molar-refractivity contribution in [3.63, 3.8) is 0 Å². The Morgan fingerprint density at radius 2 is 1.76 bits per heavy atom. The van der Waals surface area contributed by atoms with Crippen molar-refractivity contribution in [2.75, 3.05) is 12.3 Å². The van der Waals surface area contributed by atoms with Crippen LogP contribution in [0.1, 0.15) is 26.4 Å². The van der Waals surface area contributed by atoms with E-state index in [1.165, 1.54) is 20.3 Å². The van der Waals surface area contributed by atoms with E-state index in [0.717, 1.165) is 14.8 Å². The quantitative estimate of drug-likeness (QED) is 0.480. The fraction of sp³-hybridized carbons (Fsp3) is 0.211. The molecule has 0 aliphatic heterocycles. The van der Waals surface area contributed by atoms with E-state index in [4.69, 9.17) is 10.5 Å². The molecule has 29 heavy (non-hydrogen) atoms. The molecule has 0 saturated heterocycles. The lowest BCUT2D eigenvalue weighted by Crippen LogP contribution is -2.42. The number of Topliss-reactive ketones (excluding diaryl/α,β-unsaturated/α-hetero) is 1. The molecule has 2 N–H and O–H groups in total. The third-order valence-electron chi connectivity index (χ3n) is 4.55. The minimum atomic E-state index is -0.847. The Bertz CT molecular complexity index is 1220. The van der Waals surface area contributed by atoms with E-state index in [1.54, 1.807) is 11.6 Å². The summed E-state index contributed by atoms with van der Waals surface area (Å²) < 4.78 is 8.37. The van der Waals surface area contributed by atoms with Crippen LogP contribution in [-0.4, -0.2) is 37.3 Å². The number of hydrogen-bond acceptors (Lipinski definition) is 7. The highest BCUT2D eigenvalue weighted by Gasteiger charge is 2.23. The molecule has 0 saturated carbocycles. The lowest BCUT2D eigenvalue weighted by Gasteiger charge is -2.11. The zero-order valence-electron chi connectivity index (χ0n) is 16.1. The van der Waals surface area contributed by atoms with Crippen molar-refractivity contribution in [3.8, 4) is 5.69 Å². The summed E-state index contributed by atoms with van der Waals surface area (Å²) >= 11 is 0. The number of benzene rings is 1. The molecule has 0 amide bonds. The van der Waals surface area contributed by atoms with Crippen LogP contribution >= 0.6 is 0 Å². The second-order valence-electron chi connectivity index (χ2n) is 6.36. The number of carbonyl (C=O) groups is 2. The highest BCUT2D eigenvalue weighted by atomic mass is 16.5. The first-order valence-corrected chi connectivity index (χ1v) is 8.60. The smallest absolute Gasteiger partial charge is 0.342 e. The van der Waals surface area contributed by atoms with Gasteiger partial charge in [-0.1, -0.05) is 18.2 Å². The number of nitrogens with zero attached hydrogens (tertiary/aromatic N) is 4. The van der Waals surface area contributed by atoms with Crippen molar-refractivity contribution >= 4 is 17.6 Å². The van der Waals surface area contributed by atoms with Crippen LogP contribution in [0.15, 0.2) is 46.1 Å². The molecule has 0 fully saturated rings. The predicted octanol–water partition coefficient (Wildman–Crippen LogP) is 0.200. The fourth-order valence-corrected chi connectivity index (χ4v) is 2.84. The van der Waals surface area contributed by atoms with Crippen molar-refractivity contribution in [2.45, 2.75) is 6.92 Å². The van der Waals surface area contributed by atoms with Crippen LogP contribution in [0.5, 0.6) is 0 Å². The SMILES string of the molecule is Cc1c(C(=O)OCC(=O)c2c(N)n(C)c(=O)n(C)c2=O)cnn1-c1ccccc1. The van der Waals surface area contributed by atoms with E-state index in [-0.39, 0.29) is 11.4 Å². The van der Waals surface area contributed by atoms with Gasteiger partial charge in [0.15, 0.2) is 6.61 Å². The van der Waals surface area contributed by atoms with Gasteiger partial charge in [-0.3, -0.25) is 18.7 Å². The first kappa shape index (κ1) is 19.8. The van der Waals surface area contributed by atoms with Gasteiger partial charge in [0.25, 0.3) is 5.56 Å². The second-order valence-corrected chi connectivity index (χ2v) is 6.36. The molecule has 0 radical (unpaired) electrons. The number of aromatic nitrogens is 4. The summed E-state index contributed by atoms with van der Waals surface area (Å²) in [6.07, 6.45) is 1.34. The van der Waals surface area contributed by atoms with Gasteiger partial charge in [-0.25, -0.2) is 14.3 Å². The molecule has 0 unspecified atom stereocenters. The summed E-state index contributed by atoms with van der Waals surface area (Å²) in [5, 5.41) is 4.17. The van der Waals surface area contributed by atoms with Crippen molar-refractivity contribution < 1.29 is 14.3 Å². The van der Waals surface area contributed by atoms with E-state index >= 15 is 0 Å². The summed E-state index contributed by atoms with van der Waals surface area (Å²) in [5.74, 6) is -1.86. The molecule has 2 aromatic heterocycles. The Hall–Kier alpha value is -3.95. The number of anilines is 1. The molecule has 3 aromatic rings. The first-order valence-electron chi connectivity index (χ1n) is 8.60. The van der Waals surface area contributed by atoms with Gasteiger partial charge in [-0.2, -0.15) is 5.10 Å². The lowest BCUT2D eigenvalue weighted by atomic mass is 10.2. The average Bonchev–Trinajstić information content (AvgIpc) is 3.11. The molecular formula is C19H19N5O5. The highest BCUT2D eigenvalue weighted by molar-refractivity contribution is 6.02. The molecule has 0 atom stereocenters. The Kier molecular flexibility index (Phi) is 5.18. The van der Waals surface area contributed by atoms with Crippen LogP contribution < -0.4 is 17.0 Å². The van der Waals surface area contributed by atoms with Crippen LogP contribution in [0, 0.1) is 6.92 Å². The van der Waals surface area contributed by atoms with E-state index in [2.05, 4.69) is 5.10 Å². The standard InChI is InChI=1S/C19H19N5O5/c1-11-13(9-21-24(11)12-7-5-4-6-8-12)18(27)29-10-14(25)15-16(20)22(2)19(28)23(3)17(15)26/h4-9H,10,20H2,1-3H3. The number of rotatable bonds is 5. The van der Waals surface area contributed by atoms with Crippen molar-refractivity contribution in [3.05, 3.63) is 74.2 Å². The van der Waals surface area contributed by atoms with Crippen LogP contribution in [0.2, 0.25) is 0 Å². The Morgan fingerprint density at radius 1 is 1.10 bits per heavy atom. The third kappa shape index (κ3) is 3.47. The zero-order chi connectivity index (χ0) is 21.3. The molecule has 2 heterocycles. The lowest BCUT2D eigenvalue weighted by molar-refractivity contribution is 0.0473. The highest BCUT2D eigenvalue weighted by Crippen LogP contribution is 2.15. The van der Waals surface area contributed by atoms with E-state index in [9.17, 15) is 19.2 Å². The summed E-state index contributed by atoms with van der Waals surface area (Å²) in [6, 6.07) is 9.20. The molecule has 150 valence electrons. The van der Waals surface area contributed by atoms with Crippen LogP contribution in [0.25, 0.3) is 5.69 Å². The minimum Gasteiger partial charge on any atom is -0.454 e. The molecule has 10 nitrogen and oxygen atoms in total. The maximum atomic E-state index is 12.4. The monoisotopic (exact) mass is 397 g/mol. The first-order chi connectivity index (χ1) is 13.7. The number of hydrogen-bond donors (Lipinski definition) is 1. The summed E-state index contributed by atoms with van der Waals surface area (Å²) in [7, 11) is 2.56. The number of ether oxygens (including phenoxy) is 1.